The molecule has 2 heterocycles. The number of aryl methyl sites for hydroxylation is 3. The summed E-state index contributed by atoms with van der Waals surface area (Å²) in [7, 11) is -0.0976. The van der Waals surface area contributed by atoms with E-state index in [4.69, 9.17) is 9.57 Å². The Morgan fingerprint density at radius 2 is 1.55 bits per heavy atom. The molecule has 0 radical (unpaired) electrons. The summed E-state index contributed by atoms with van der Waals surface area (Å²) in [5.74, 6) is -2.67. The lowest BCUT2D eigenvalue weighted by atomic mass is 9.99. The minimum absolute atomic E-state index is 0.0181. The number of quaternary nitrogens is 1. The highest BCUT2D eigenvalue weighted by atomic mass is 32.2. The van der Waals surface area contributed by atoms with Gasteiger partial charge in [0, 0.05) is 43.4 Å². The SMILES string of the molecule is CCC[n+]1c2ccccc2c(C(=O)Oc2c(C)cc(C(=O)ON3C(=O)CCC3=O)cc2C)c2cc(C[N+](C)(C)CCCS(=O)(=O)O)ccc21. The minimum Gasteiger partial charge on any atom is -0.422 e. The maximum absolute atomic E-state index is 14.3. The number of rotatable bonds is 12. The van der Waals surface area contributed by atoms with E-state index < -0.39 is 33.9 Å². The Morgan fingerprint density at radius 1 is 0.918 bits per heavy atom. The fourth-order valence-corrected chi connectivity index (χ4v) is 6.91. The number of fused-ring (bicyclic) bond motifs is 2. The molecule has 1 fully saturated rings. The van der Waals surface area contributed by atoms with Crippen molar-refractivity contribution in [1.29, 1.82) is 0 Å². The molecule has 0 spiro atoms. The van der Waals surface area contributed by atoms with Gasteiger partial charge in [-0.05, 0) is 55.3 Å². The Balaban J connectivity index is 1.52. The smallest absolute Gasteiger partial charge is 0.363 e. The van der Waals surface area contributed by atoms with Gasteiger partial charge in [0.15, 0.2) is 0 Å². The van der Waals surface area contributed by atoms with Crippen molar-refractivity contribution >= 4 is 55.7 Å². The molecule has 1 N–H and O–H groups in total. The monoisotopic (exact) mass is 691 g/mol. The van der Waals surface area contributed by atoms with Gasteiger partial charge in [-0.2, -0.15) is 13.0 Å². The molecular formula is C36H41N3O9S+2. The van der Waals surface area contributed by atoms with Crippen LogP contribution < -0.4 is 9.30 Å². The summed E-state index contributed by atoms with van der Waals surface area (Å²) in [6.45, 7) is 7.23. The molecule has 0 aliphatic carbocycles. The van der Waals surface area contributed by atoms with Crippen LogP contribution >= 0.6 is 0 Å². The first-order chi connectivity index (χ1) is 23.1. The Bertz CT molecular complexity index is 2070. The Kier molecular flexibility index (Phi) is 10.2. The highest BCUT2D eigenvalue weighted by Crippen LogP contribution is 2.31. The number of imide groups is 1. The summed E-state index contributed by atoms with van der Waals surface area (Å²) in [5.41, 5.74) is 4.09. The molecular weight excluding hydrogens is 650 g/mol. The van der Waals surface area contributed by atoms with Gasteiger partial charge in [0.2, 0.25) is 11.0 Å². The quantitative estimate of drug-likeness (QED) is 0.0428. The van der Waals surface area contributed by atoms with Gasteiger partial charge in [-0.1, -0.05) is 19.1 Å². The number of esters is 1. The summed E-state index contributed by atoms with van der Waals surface area (Å²) in [6, 6.07) is 16.6. The third-order valence-electron chi connectivity index (χ3n) is 8.58. The van der Waals surface area contributed by atoms with Crippen LogP contribution in [-0.4, -0.2) is 72.7 Å². The lowest BCUT2D eigenvalue weighted by Gasteiger charge is -2.30. The number of hydrogen-bond donors (Lipinski definition) is 1. The zero-order chi connectivity index (χ0) is 35.7. The van der Waals surface area contributed by atoms with E-state index in [0.29, 0.717) is 63.1 Å². The predicted molar refractivity (Wildman–Crippen MR) is 181 cm³/mol. The molecule has 258 valence electrons. The molecule has 0 atom stereocenters. The zero-order valence-electron chi connectivity index (χ0n) is 28.3. The molecule has 0 unspecified atom stereocenters. The number of hydroxylamine groups is 2. The fourth-order valence-electron chi connectivity index (χ4n) is 6.41. The van der Waals surface area contributed by atoms with Gasteiger partial charge >= 0.3 is 11.9 Å². The summed E-state index contributed by atoms with van der Waals surface area (Å²) in [6.07, 6.45) is 1.12. The van der Waals surface area contributed by atoms with E-state index in [-0.39, 0.29) is 29.9 Å². The largest absolute Gasteiger partial charge is 0.422 e. The Hall–Kier alpha value is -4.72. The van der Waals surface area contributed by atoms with E-state index in [1.165, 1.54) is 12.1 Å². The van der Waals surface area contributed by atoms with Crippen LogP contribution in [0.25, 0.3) is 21.8 Å². The molecule has 13 heteroatoms. The van der Waals surface area contributed by atoms with Crippen molar-refractivity contribution in [2.45, 2.75) is 59.5 Å². The number of carbonyl (C=O) groups is 4. The number of carbonyl (C=O) groups excluding carboxylic acids is 4. The first-order valence-corrected chi connectivity index (χ1v) is 17.8. The molecule has 5 rings (SSSR count). The number of hydrogen-bond acceptors (Lipinski definition) is 8. The molecule has 2 amide bonds. The molecule has 0 saturated carbocycles. The standard InChI is InChI=1S/C36H40N3O9S/c1-6-16-37-29-11-8-7-10-27(29)33(28-21-25(12-13-30(28)37)22-39(4,5)17-9-18-49(44,45)46)36(43)47-34-23(2)19-26(20-24(34)3)35(42)48-38-31(40)14-15-32(38)41/h7-8,10-13,19-21H,6,9,14-18,22H2,1-5H3/q+1/p+1. The zero-order valence-corrected chi connectivity index (χ0v) is 29.1. The van der Waals surface area contributed by atoms with Gasteiger partial charge in [0.05, 0.1) is 48.3 Å². The van der Waals surface area contributed by atoms with Gasteiger partial charge in [-0.3, -0.25) is 14.1 Å². The minimum atomic E-state index is -4.06. The first-order valence-electron chi connectivity index (χ1n) is 16.1. The maximum Gasteiger partial charge on any atom is 0.363 e. The number of ether oxygens (including phenoxy) is 1. The summed E-state index contributed by atoms with van der Waals surface area (Å²) in [5, 5.41) is 1.90. The predicted octanol–water partition coefficient (Wildman–Crippen LogP) is 4.60. The van der Waals surface area contributed by atoms with E-state index in [1.54, 1.807) is 13.8 Å². The third kappa shape index (κ3) is 7.96. The summed E-state index contributed by atoms with van der Waals surface area (Å²) in [4.78, 5) is 56.1. The van der Waals surface area contributed by atoms with Gasteiger partial charge in [-0.25, -0.2) is 9.59 Å². The van der Waals surface area contributed by atoms with E-state index >= 15 is 0 Å². The van der Waals surface area contributed by atoms with Gasteiger partial charge in [-0.15, -0.1) is 5.06 Å². The number of aromatic nitrogens is 1. The van der Waals surface area contributed by atoms with Crippen molar-refractivity contribution in [3.8, 4) is 5.75 Å². The first kappa shape index (κ1) is 35.6. The van der Waals surface area contributed by atoms with Crippen LogP contribution in [0.4, 0.5) is 0 Å². The average Bonchev–Trinajstić information content (AvgIpc) is 3.33. The van der Waals surface area contributed by atoms with Crippen LogP contribution in [0.15, 0.2) is 54.6 Å². The molecule has 4 aromatic rings. The van der Waals surface area contributed by atoms with Crippen molar-refractivity contribution < 1.29 is 50.8 Å². The summed E-state index contributed by atoms with van der Waals surface area (Å²) < 4.78 is 40.5. The van der Waals surface area contributed by atoms with Crippen LogP contribution in [0.1, 0.15) is 70.0 Å². The molecule has 49 heavy (non-hydrogen) atoms. The number of para-hydroxylation sites is 1. The van der Waals surface area contributed by atoms with Crippen LogP contribution in [0.2, 0.25) is 0 Å². The highest BCUT2D eigenvalue weighted by molar-refractivity contribution is 7.85. The average molecular weight is 692 g/mol. The lowest BCUT2D eigenvalue weighted by molar-refractivity contribution is -0.903. The number of nitrogens with zero attached hydrogens (tertiary/aromatic N) is 3. The molecule has 12 nitrogen and oxygen atoms in total. The van der Waals surface area contributed by atoms with Crippen LogP contribution in [-0.2, 0) is 37.6 Å². The molecule has 1 saturated heterocycles. The topological polar surface area (TPSA) is 148 Å². The van der Waals surface area contributed by atoms with Crippen LogP contribution in [0, 0.1) is 13.8 Å². The lowest BCUT2D eigenvalue weighted by Crippen LogP contribution is -2.40. The molecule has 1 aliphatic heterocycles. The van der Waals surface area contributed by atoms with Crippen molar-refractivity contribution in [1.82, 2.24) is 5.06 Å². The molecule has 1 aliphatic rings. The van der Waals surface area contributed by atoms with Gasteiger partial charge < -0.3 is 14.1 Å². The molecule has 0 bridgehead atoms. The molecule has 3 aromatic carbocycles. The van der Waals surface area contributed by atoms with Crippen molar-refractivity contribution in [2.24, 2.45) is 0 Å². The van der Waals surface area contributed by atoms with E-state index in [0.717, 1.165) is 23.0 Å². The second-order valence-corrected chi connectivity index (χ2v) is 14.7. The van der Waals surface area contributed by atoms with E-state index in [1.807, 2.05) is 56.6 Å². The fraction of sp³-hybridized carbons (Fsp3) is 0.361. The van der Waals surface area contributed by atoms with Gasteiger partial charge in [0.1, 0.15) is 18.8 Å². The number of pyridine rings is 1. The van der Waals surface area contributed by atoms with Crippen molar-refractivity contribution in [3.05, 3.63) is 82.4 Å². The second kappa shape index (κ2) is 14.0. The maximum atomic E-state index is 14.3. The highest BCUT2D eigenvalue weighted by Gasteiger charge is 2.34. The van der Waals surface area contributed by atoms with E-state index in [9.17, 15) is 32.1 Å². The van der Waals surface area contributed by atoms with Gasteiger partial charge in [0.25, 0.3) is 21.9 Å². The van der Waals surface area contributed by atoms with E-state index in [2.05, 4.69) is 11.5 Å². The van der Waals surface area contributed by atoms with Crippen molar-refractivity contribution in [3.63, 3.8) is 0 Å². The van der Waals surface area contributed by atoms with Crippen molar-refractivity contribution in [2.75, 3.05) is 26.4 Å². The van der Waals surface area contributed by atoms with Crippen LogP contribution in [0.5, 0.6) is 5.75 Å². The normalized spacial score (nSPS) is 13.8. The third-order valence-corrected chi connectivity index (χ3v) is 9.39. The number of benzene rings is 3. The molecule has 1 aromatic heterocycles. The summed E-state index contributed by atoms with van der Waals surface area (Å²) >= 11 is 0. The Labute approximate surface area is 285 Å². The van der Waals surface area contributed by atoms with Crippen LogP contribution in [0.3, 0.4) is 0 Å². The number of amides is 2. The second-order valence-electron chi connectivity index (χ2n) is 13.1. The Morgan fingerprint density at radius 3 is 2.18 bits per heavy atom.